The second kappa shape index (κ2) is 45.9. The van der Waals surface area contributed by atoms with Crippen LogP contribution in [0.25, 0.3) is 0 Å². The number of hydrogen-bond donors (Lipinski definition) is 7. The van der Waals surface area contributed by atoms with Crippen molar-refractivity contribution in [3.05, 3.63) is 106 Å². The van der Waals surface area contributed by atoms with E-state index in [1.165, 1.54) is 33.4 Å². The van der Waals surface area contributed by atoms with Crippen LogP contribution in [-0.4, -0.2) is 128 Å². The van der Waals surface area contributed by atoms with Gasteiger partial charge in [-0.1, -0.05) is 72.8 Å². The summed E-state index contributed by atoms with van der Waals surface area (Å²) in [6.45, 7) is 20.1. The Bertz CT molecular complexity index is 993. The first-order valence-corrected chi connectivity index (χ1v) is 17.8. The molecule has 14 nitrogen and oxygen atoms in total. The number of quaternary nitrogens is 6. The normalized spacial score (nSPS) is 17.6. The standard InChI is InChI=1S/C36H54N8.CH4O.6ClH.5H2O/c1-2-32-4-3-31(1)25-37-13-19-43-21-15-39-27-33-5-9-35(10-6-33)29-41-17-23-44(20-14-38-26-32)24-18-42-30-36-11-7-34(8-12-36)28-40-16-22-43;1-2;;;;;;;;;;;/h1-12,37-42H,13-30H2;2H,1H3;6*1H;5*1H2. The molecule has 0 radical (unpaired) electrons. The van der Waals surface area contributed by atoms with Crippen molar-refractivity contribution in [2.75, 3.05) is 85.6 Å². The van der Waals surface area contributed by atoms with E-state index in [1.807, 2.05) is 0 Å². The lowest BCUT2D eigenvalue weighted by Crippen LogP contribution is -3.00. The Kier molecular flexibility index (Phi) is 59.1. The summed E-state index contributed by atoms with van der Waals surface area (Å²) in [7, 11) is 1.00. The first-order chi connectivity index (χ1) is 22.8. The Morgan fingerprint density at radius 2 is 0.421 bits per heavy atom. The maximum atomic E-state index is 7.00. The molecule has 23 N–H and O–H groups in total. The van der Waals surface area contributed by atoms with Crippen LogP contribution in [0.1, 0.15) is 33.4 Å². The number of benzene rings is 3. The molecule has 0 saturated heterocycles. The third-order valence-electron chi connectivity index (χ3n) is 9.25. The second-order valence-corrected chi connectivity index (χ2v) is 12.8. The summed E-state index contributed by atoms with van der Waals surface area (Å²) in [5, 5.41) is 21.9. The van der Waals surface area contributed by atoms with Crippen molar-refractivity contribution in [1.82, 2.24) is 9.80 Å². The minimum absolute atomic E-state index is 0. The molecule has 0 unspecified atom stereocenters. The lowest BCUT2D eigenvalue weighted by molar-refractivity contribution is -0.679. The van der Waals surface area contributed by atoms with Gasteiger partial charge in [0.2, 0.25) is 0 Å². The van der Waals surface area contributed by atoms with Gasteiger partial charge in [0, 0.05) is 79.8 Å². The Morgan fingerprint density at radius 1 is 0.298 bits per heavy atom. The van der Waals surface area contributed by atoms with Crippen molar-refractivity contribution < 1.29 is 139 Å². The van der Waals surface area contributed by atoms with Crippen LogP contribution in [0.5, 0.6) is 0 Å². The molecule has 0 saturated carbocycles. The highest BCUT2D eigenvalue weighted by molar-refractivity contribution is 5.22. The zero-order chi connectivity index (χ0) is 32.1. The smallest absolute Gasteiger partial charge is 0.101 e. The summed E-state index contributed by atoms with van der Waals surface area (Å²) in [5.74, 6) is 0. The number of halogens is 6. The number of aliphatic hydroxyl groups excluding tert-OH is 1. The largest absolute Gasteiger partial charge is 1.00 e. The quantitative estimate of drug-likeness (QED) is 0.116. The van der Waals surface area contributed by atoms with Crippen LogP contribution in [0.4, 0.5) is 0 Å². The maximum Gasteiger partial charge on any atom is 0.101 e. The zero-order valence-corrected chi connectivity index (χ0v) is 37.8. The zero-order valence-electron chi connectivity index (χ0n) is 33.2. The lowest BCUT2D eigenvalue weighted by atomic mass is 10.1. The van der Waals surface area contributed by atoms with Crippen LogP contribution < -0.4 is 106 Å². The number of hydrogen-bond acceptors (Lipinski definition) is 3. The van der Waals surface area contributed by atoms with Crippen molar-refractivity contribution in [3.8, 4) is 0 Å². The van der Waals surface area contributed by atoms with Gasteiger partial charge < -0.3 is 139 Å². The highest BCUT2D eigenvalue weighted by Gasteiger charge is 2.11. The Balaban J connectivity index is -0.000000303. The van der Waals surface area contributed by atoms with Crippen LogP contribution >= 0.6 is 0 Å². The van der Waals surface area contributed by atoms with Crippen LogP contribution in [0.3, 0.4) is 0 Å². The van der Waals surface area contributed by atoms with Gasteiger partial charge in [0.1, 0.15) is 39.3 Å². The molecule has 0 spiro atoms. The molecule has 12 heterocycles. The number of nitrogens with zero attached hydrogens (tertiary/aromatic N) is 2. The molecule has 0 aliphatic carbocycles. The third kappa shape index (κ3) is 30.5. The topological polar surface area (TPSA) is 284 Å². The van der Waals surface area contributed by atoms with E-state index in [9.17, 15) is 0 Å². The van der Waals surface area contributed by atoms with Gasteiger partial charge in [-0.3, -0.25) is 9.80 Å². The van der Waals surface area contributed by atoms with Crippen molar-refractivity contribution in [2.45, 2.75) is 39.3 Å². The molecule has 0 aromatic heterocycles. The molecule has 0 amide bonds. The fourth-order valence-electron chi connectivity index (χ4n) is 6.36. The predicted octanol–water partition coefficient (Wildman–Crippen LogP) is -26.4. The van der Waals surface area contributed by atoms with E-state index < -0.39 is 0 Å². The number of rotatable bonds is 0. The van der Waals surface area contributed by atoms with Gasteiger partial charge in [0.05, 0.1) is 39.3 Å². The summed E-state index contributed by atoms with van der Waals surface area (Å²) in [5.41, 5.74) is 8.59. The van der Waals surface area contributed by atoms with Crippen molar-refractivity contribution in [1.29, 1.82) is 0 Å². The van der Waals surface area contributed by atoms with E-state index in [4.69, 9.17) is 5.11 Å². The summed E-state index contributed by atoms with van der Waals surface area (Å²) in [6.07, 6.45) is 0. The molecule has 15 rings (SSSR count). The fourth-order valence-corrected chi connectivity index (χ4v) is 6.36. The van der Waals surface area contributed by atoms with Crippen LogP contribution in [0, 0.1) is 0 Å². The molecule has 3 aromatic rings. The van der Waals surface area contributed by atoms with Gasteiger partial charge in [0.25, 0.3) is 0 Å². The van der Waals surface area contributed by atoms with E-state index in [2.05, 4.69) is 114 Å². The fraction of sp³-hybridized carbons (Fsp3) is 0.514. The van der Waals surface area contributed by atoms with Gasteiger partial charge in [-0.15, -0.1) is 0 Å². The minimum atomic E-state index is 0. The third-order valence-corrected chi connectivity index (χ3v) is 9.25. The summed E-state index contributed by atoms with van der Waals surface area (Å²) in [4.78, 5) is 5.35. The summed E-state index contributed by atoms with van der Waals surface area (Å²) in [6, 6.07) is 28.1. The predicted molar refractivity (Wildman–Crippen MR) is 201 cm³/mol. The Labute approximate surface area is 377 Å². The molecule has 20 heteroatoms. The molecule has 8 bridgehead atoms. The van der Waals surface area contributed by atoms with E-state index >= 15 is 0 Å². The average molecular weight is 940 g/mol. The van der Waals surface area contributed by atoms with Crippen LogP contribution in [0.2, 0.25) is 0 Å². The molecule has 12 aliphatic heterocycles. The lowest BCUT2D eigenvalue weighted by Gasteiger charge is -2.20. The maximum absolute atomic E-state index is 7.00. The Morgan fingerprint density at radius 3 is 0.544 bits per heavy atom. The van der Waals surface area contributed by atoms with E-state index in [0.717, 1.165) is 125 Å². The molecule has 57 heavy (non-hydrogen) atoms. The average Bonchev–Trinajstić information content (AvgIpc) is 3.10. The van der Waals surface area contributed by atoms with Gasteiger partial charge >= 0.3 is 0 Å². The van der Waals surface area contributed by atoms with E-state index in [-0.39, 0.29) is 102 Å². The molecule has 3 aromatic carbocycles. The van der Waals surface area contributed by atoms with Gasteiger partial charge in [0.15, 0.2) is 0 Å². The van der Waals surface area contributed by atoms with Crippen LogP contribution in [0.15, 0.2) is 72.8 Å². The molecule has 12 aliphatic rings. The molecule has 0 atom stereocenters. The van der Waals surface area contributed by atoms with Gasteiger partial charge in [-0.2, -0.15) is 0 Å². The Hall–Kier alpha value is -1.16. The highest BCUT2D eigenvalue weighted by Crippen LogP contribution is 2.04. The molecule has 340 valence electrons. The van der Waals surface area contributed by atoms with E-state index in [1.54, 1.807) is 0 Å². The molecular formula is C37H74Cl6N8O6. The molecule has 0 fully saturated rings. The molecular weight excluding hydrogens is 865 g/mol. The first kappa shape index (κ1) is 73.4. The number of aliphatic hydroxyl groups is 1. The summed E-state index contributed by atoms with van der Waals surface area (Å²) < 4.78 is 0. The van der Waals surface area contributed by atoms with Crippen molar-refractivity contribution >= 4 is 0 Å². The van der Waals surface area contributed by atoms with Gasteiger partial charge in [-0.05, 0) is 0 Å². The summed E-state index contributed by atoms with van der Waals surface area (Å²) >= 11 is 0. The monoisotopic (exact) mass is 936 g/mol. The van der Waals surface area contributed by atoms with E-state index in [0.29, 0.717) is 0 Å². The first-order valence-electron chi connectivity index (χ1n) is 17.8. The highest BCUT2D eigenvalue weighted by atomic mass is 35.5. The number of nitrogens with two attached hydrogens (primary N) is 6. The second-order valence-electron chi connectivity index (χ2n) is 12.8. The van der Waals surface area contributed by atoms with Crippen molar-refractivity contribution in [3.63, 3.8) is 0 Å². The van der Waals surface area contributed by atoms with Gasteiger partial charge in [-0.25, -0.2) is 0 Å². The van der Waals surface area contributed by atoms with Crippen LogP contribution in [-0.2, 0) is 39.3 Å². The minimum Gasteiger partial charge on any atom is -1.00 e. The SMILES string of the molecule is CO.O.O.O.O.O.[Cl-].[Cl-].[Cl-].[Cl-].[Cl-].[Cl-].c1cc2ccc1C[NH2+]CCN1CC[NH2+]Cc3ccc(cc3)C[NH2+]CCN(CC[NH2+]C2)CC[NH2+]Cc2ccc(cc2)C[NH2+]CC1. The van der Waals surface area contributed by atoms with Crippen molar-refractivity contribution in [2.24, 2.45) is 0 Å².